The summed E-state index contributed by atoms with van der Waals surface area (Å²) in [6.45, 7) is 14.8. The lowest BCUT2D eigenvalue weighted by atomic mass is 9.93. The summed E-state index contributed by atoms with van der Waals surface area (Å²) in [4.78, 5) is 12.2. The number of benzene rings is 1. The minimum atomic E-state index is -3.89. The summed E-state index contributed by atoms with van der Waals surface area (Å²) < 4.78 is 38.3. The summed E-state index contributed by atoms with van der Waals surface area (Å²) in [5.41, 5.74) is 1.72. The molecule has 0 saturated heterocycles. The topological polar surface area (TPSA) is 89.9 Å². The first-order chi connectivity index (χ1) is 16.7. The molecule has 0 spiro atoms. The van der Waals surface area contributed by atoms with E-state index in [9.17, 15) is 18.3 Å². The van der Waals surface area contributed by atoms with Gasteiger partial charge in [-0.25, -0.2) is 8.42 Å². The number of aliphatic hydroxyl groups is 1. The van der Waals surface area contributed by atoms with Crippen molar-refractivity contribution in [1.29, 1.82) is 0 Å². The molecule has 2 unspecified atom stereocenters. The number of aliphatic hydroxyl groups excluding tert-OH is 1. The van der Waals surface area contributed by atoms with E-state index in [0.717, 1.165) is 11.1 Å². The number of hydrogen-bond donors (Lipinski definition) is 1. The Morgan fingerprint density at radius 2 is 1.67 bits per heavy atom. The molecule has 0 heterocycles. The maximum Gasteiger partial charge on any atom is 0.311 e. The fourth-order valence-corrected chi connectivity index (χ4v) is 5.99. The van der Waals surface area contributed by atoms with Gasteiger partial charge in [0.1, 0.15) is 11.9 Å². The molecule has 1 aromatic carbocycles. The van der Waals surface area contributed by atoms with Gasteiger partial charge in [-0.2, -0.15) is 0 Å². The van der Waals surface area contributed by atoms with Gasteiger partial charge in [0.2, 0.25) is 0 Å². The third-order valence-corrected chi connectivity index (χ3v) is 8.44. The van der Waals surface area contributed by atoms with E-state index in [1.54, 1.807) is 78.1 Å². The summed E-state index contributed by atoms with van der Waals surface area (Å²) in [6, 6.07) is 8.18. The molecule has 0 radical (unpaired) electrons. The average Bonchev–Trinajstić information content (AvgIpc) is 2.78. The molecular weight excluding hydrogens is 476 g/mol. The number of ether oxygens (including phenoxy) is 2. The van der Waals surface area contributed by atoms with Crippen molar-refractivity contribution in [2.75, 3.05) is 13.7 Å². The highest BCUT2D eigenvalue weighted by atomic mass is 32.2. The number of carbonyl (C=O) groups excluding carboxylic acids is 1. The van der Waals surface area contributed by atoms with Crippen LogP contribution < -0.4 is 0 Å². The molecule has 0 aromatic heterocycles. The number of esters is 1. The van der Waals surface area contributed by atoms with E-state index in [-0.39, 0.29) is 35.9 Å². The molecule has 36 heavy (non-hydrogen) atoms. The first kappa shape index (κ1) is 31.8. The fourth-order valence-electron chi connectivity index (χ4n) is 4.08. The molecule has 0 aliphatic rings. The van der Waals surface area contributed by atoms with Crippen LogP contribution in [0.1, 0.15) is 61.8 Å². The van der Waals surface area contributed by atoms with Crippen LogP contribution >= 0.6 is 0 Å². The predicted molar refractivity (Wildman–Crippen MR) is 145 cm³/mol. The lowest BCUT2D eigenvalue weighted by molar-refractivity contribution is -0.151. The van der Waals surface area contributed by atoms with E-state index in [4.69, 9.17) is 9.47 Å². The predicted octanol–water partition coefficient (Wildman–Crippen LogP) is 5.68. The molecular formula is C29H44O6S. The second kappa shape index (κ2) is 13.9. The monoisotopic (exact) mass is 520 g/mol. The number of methoxy groups -OCH3 is 1. The normalized spacial score (nSPS) is 17.3. The van der Waals surface area contributed by atoms with Gasteiger partial charge in [-0.1, -0.05) is 48.4 Å². The van der Waals surface area contributed by atoms with E-state index in [2.05, 4.69) is 0 Å². The second-order valence-corrected chi connectivity index (χ2v) is 12.5. The van der Waals surface area contributed by atoms with Gasteiger partial charge in [-0.3, -0.25) is 4.79 Å². The average molecular weight is 521 g/mol. The van der Waals surface area contributed by atoms with Crippen LogP contribution in [-0.4, -0.2) is 50.7 Å². The van der Waals surface area contributed by atoms with Gasteiger partial charge in [0.25, 0.3) is 0 Å². The third kappa shape index (κ3) is 9.02. The Morgan fingerprint density at radius 1 is 1.08 bits per heavy atom. The van der Waals surface area contributed by atoms with Crippen molar-refractivity contribution in [1.82, 2.24) is 0 Å². The lowest BCUT2D eigenvalue weighted by Gasteiger charge is -2.27. The second-order valence-electron chi connectivity index (χ2n) is 10.4. The van der Waals surface area contributed by atoms with Gasteiger partial charge in [0.05, 0.1) is 22.5 Å². The highest BCUT2D eigenvalue weighted by molar-refractivity contribution is 7.92. The highest BCUT2D eigenvalue weighted by Crippen LogP contribution is 2.29. The van der Waals surface area contributed by atoms with Crippen molar-refractivity contribution in [3.8, 4) is 0 Å². The molecule has 0 fully saturated rings. The largest absolute Gasteiger partial charge is 0.461 e. The molecule has 1 N–H and O–H groups in total. The van der Waals surface area contributed by atoms with Gasteiger partial charge in [-0.05, 0) is 78.7 Å². The van der Waals surface area contributed by atoms with Gasteiger partial charge in [-0.15, -0.1) is 0 Å². The van der Waals surface area contributed by atoms with Crippen LogP contribution in [0.5, 0.6) is 0 Å². The SMILES string of the molecule is C/C=C(\C)[C@H](OC)[C@H](C)/C=C(\C)C(C(O)C/C(C)=C/COC(=O)C(C)(C)C)S(=O)(=O)c1ccccc1. The molecule has 7 heteroatoms. The first-order valence-electron chi connectivity index (χ1n) is 12.3. The molecule has 6 nitrogen and oxygen atoms in total. The third-order valence-electron chi connectivity index (χ3n) is 6.16. The van der Waals surface area contributed by atoms with Crippen LogP contribution in [0, 0.1) is 11.3 Å². The highest BCUT2D eigenvalue weighted by Gasteiger charge is 2.36. The van der Waals surface area contributed by atoms with Gasteiger partial charge in [0, 0.05) is 13.0 Å². The maximum atomic E-state index is 13.7. The summed E-state index contributed by atoms with van der Waals surface area (Å²) in [5, 5.41) is 10.1. The van der Waals surface area contributed by atoms with Crippen molar-refractivity contribution in [2.45, 2.75) is 84.2 Å². The van der Waals surface area contributed by atoms with Crippen molar-refractivity contribution >= 4 is 15.8 Å². The van der Waals surface area contributed by atoms with E-state index in [1.165, 1.54) is 0 Å². The number of sulfone groups is 1. The van der Waals surface area contributed by atoms with E-state index >= 15 is 0 Å². The molecule has 0 aliphatic carbocycles. The smallest absolute Gasteiger partial charge is 0.311 e. The Morgan fingerprint density at radius 3 is 2.17 bits per heavy atom. The standard InChI is InChI=1S/C29H44O6S/c1-10-21(3)26(34-9)22(4)19-23(5)27(36(32,33)24-14-12-11-13-15-24)25(30)18-20(2)16-17-35-28(31)29(6,7)8/h10-16,19,22,25-27,30H,17-18H2,1-9H3/b20-16+,21-10+,23-19+/t22-,25?,26+,27?/m1/s1. The van der Waals surface area contributed by atoms with Gasteiger partial charge in [0.15, 0.2) is 9.84 Å². The number of allylic oxidation sites excluding steroid dienone is 1. The summed E-state index contributed by atoms with van der Waals surface area (Å²) >= 11 is 0. The number of carbonyl (C=O) groups is 1. The van der Waals surface area contributed by atoms with E-state index < -0.39 is 26.6 Å². The Kier molecular flexibility index (Phi) is 12.3. The number of hydrogen-bond acceptors (Lipinski definition) is 6. The zero-order valence-electron chi connectivity index (χ0n) is 23.2. The van der Waals surface area contributed by atoms with Gasteiger partial charge >= 0.3 is 5.97 Å². The summed E-state index contributed by atoms with van der Waals surface area (Å²) in [6.07, 6.45) is 4.27. The number of rotatable bonds is 12. The molecule has 1 rings (SSSR count). The van der Waals surface area contributed by atoms with E-state index in [1.807, 2.05) is 32.9 Å². The van der Waals surface area contributed by atoms with Crippen LogP contribution in [0.2, 0.25) is 0 Å². The van der Waals surface area contributed by atoms with Crippen LogP contribution in [0.3, 0.4) is 0 Å². The molecule has 0 amide bonds. The Balaban J connectivity index is 3.31. The van der Waals surface area contributed by atoms with Crippen molar-refractivity contribution in [3.63, 3.8) is 0 Å². The van der Waals surface area contributed by atoms with Crippen LogP contribution in [-0.2, 0) is 24.1 Å². The minimum absolute atomic E-state index is 0.0642. The Bertz CT molecular complexity index is 1040. The molecule has 0 aliphatic heterocycles. The first-order valence-corrected chi connectivity index (χ1v) is 13.8. The van der Waals surface area contributed by atoms with Gasteiger partial charge < -0.3 is 14.6 Å². The minimum Gasteiger partial charge on any atom is -0.461 e. The van der Waals surface area contributed by atoms with Crippen molar-refractivity contribution in [3.05, 3.63) is 65.3 Å². The van der Waals surface area contributed by atoms with Crippen LogP contribution in [0.15, 0.2) is 70.2 Å². The molecule has 202 valence electrons. The van der Waals surface area contributed by atoms with Crippen LogP contribution in [0.4, 0.5) is 0 Å². The van der Waals surface area contributed by atoms with E-state index in [0.29, 0.717) is 5.57 Å². The molecule has 0 saturated carbocycles. The Labute approximate surface area is 218 Å². The summed E-state index contributed by atoms with van der Waals surface area (Å²) in [7, 11) is -2.26. The molecule has 1 aromatic rings. The van der Waals surface area contributed by atoms with Crippen molar-refractivity contribution < 1.29 is 27.8 Å². The quantitative estimate of drug-likeness (QED) is 0.282. The summed E-state index contributed by atoms with van der Waals surface area (Å²) in [5.74, 6) is -0.436. The van der Waals surface area contributed by atoms with Crippen molar-refractivity contribution in [2.24, 2.45) is 11.3 Å². The zero-order chi connectivity index (χ0) is 27.7. The zero-order valence-corrected chi connectivity index (χ0v) is 24.1. The maximum absolute atomic E-state index is 13.7. The molecule has 4 atom stereocenters. The lowest BCUT2D eigenvalue weighted by Crippen LogP contribution is -2.36. The van der Waals surface area contributed by atoms with Crippen LogP contribution in [0.25, 0.3) is 0 Å². The molecule has 0 bridgehead atoms. The fraction of sp³-hybridized carbons (Fsp3) is 0.552. The Hall–Kier alpha value is -2.22.